The number of benzene rings is 1. The Bertz CT molecular complexity index is 585. The normalized spacial score (nSPS) is 10.6. The van der Waals surface area contributed by atoms with Crippen molar-refractivity contribution >= 4 is 21.8 Å². The lowest BCUT2D eigenvalue weighted by Gasteiger charge is -2.03. The third-order valence-electron chi connectivity index (χ3n) is 2.69. The zero-order chi connectivity index (χ0) is 15.1. The van der Waals surface area contributed by atoms with Gasteiger partial charge in [0.15, 0.2) is 0 Å². The third-order valence-corrected chi connectivity index (χ3v) is 3.22. The summed E-state index contributed by atoms with van der Waals surface area (Å²) >= 11 is 3.37. The van der Waals surface area contributed by atoms with Gasteiger partial charge >= 0.3 is 0 Å². The van der Waals surface area contributed by atoms with Crippen molar-refractivity contribution < 1.29 is 9.53 Å². The second kappa shape index (κ2) is 7.84. The van der Waals surface area contributed by atoms with Crippen molar-refractivity contribution in [2.45, 2.75) is 13.0 Å². The molecule has 0 aliphatic rings. The number of carbonyl (C=O) groups excluding carboxylic acids is 1. The van der Waals surface area contributed by atoms with E-state index in [1.165, 1.54) is 4.80 Å². The van der Waals surface area contributed by atoms with E-state index in [9.17, 15) is 4.79 Å². The molecule has 0 atom stereocenters. The summed E-state index contributed by atoms with van der Waals surface area (Å²) in [5.74, 6) is 0.348. The molecule has 0 radical (unpaired) electrons. The van der Waals surface area contributed by atoms with Crippen LogP contribution in [-0.4, -0.2) is 46.4 Å². The van der Waals surface area contributed by atoms with Gasteiger partial charge in [-0.15, -0.1) is 10.2 Å². The van der Waals surface area contributed by atoms with Gasteiger partial charge in [0.05, 0.1) is 0 Å². The maximum absolute atomic E-state index is 11.7. The van der Waals surface area contributed by atoms with Gasteiger partial charge in [-0.05, 0) is 35.9 Å². The summed E-state index contributed by atoms with van der Waals surface area (Å²) in [6, 6.07) is 7.57. The SMILES string of the molecule is COCCCNC(=O)Cn1nnc(-c2ccc(Br)cc2)n1. The topological polar surface area (TPSA) is 81.9 Å². The Labute approximate surface area is 130 Å². The van der Waals surface area contributed by atoms with Gasteiger partial charge in [0, 0.05) is 30.3 Å². The molecule has 0 bridgehead atoms. The van der Waals surface area contributed by atoms with Gasteiger partial charge in [0.2, 0.25) is 11.7 Å². The van der Waals surface area contributed by atoms with Crippen molar-refractivity contribution in [3.8, 4) is 11.4 Å². The first-order valence-corrected chi connectivity index (χ1v) is 7.27. The van der Waals surface area contributed by atoms with Crippen LogP contribution in [0, 0.1) is 0 Å². The minimum atomic E-state index is -0.147. The Morgan fingerprint density at radius 1 is 1.38 bits per heavy atom. The van der Waals surface area contributed by atoms with Crippen LogP contribution in [0.5, 0.6) is 0 Å². The lowest BCUT2D eigenvalue weighted by Crippen LogP contribution is -2.29. The number of nitrogens with zero attached hydrogens (tertiary/aromatic N) is 4. The summed E-state index contributed by atoms with van der Waals surface area (Å²) in [7, 11) is 1.63. The van der Waals surface area contributed by atoms with Gasteiger partial charge < -0.3 is 10.1 Å². The predicted octanol–water partition coefficient (Wildman–Crippen LogP) is 1.26. The van der Waals surface area contributed by atoms with Crippen LogP contribution < -0.4 is 5.32 Å². The van der Waals surface area contributed by atoms with Crippen molar-refractivity contribution in [1.82, 2.24) is 25.5 Å². The monoisotopic (exact) mass is 353 g/mol. The third kappa shape index (κ3) is 4.91. The second-order valence-corrected chi connectivity index (χ2v) is 5.26. The highest BCUT2D eigenvalue weighted by atomic mass is 79.9. The molecule has 0 spiro atoms. The molecule has 1 aromatic heterocycles. The zero-order valence-electron chi connectivity index (χ0n) is 11.6. The fourth-order valence-electron chi connectivity index (χ4n) is 1.65. The van der Waals surface area contributed by atoms with Gasteiger partial charge in [0.1, 0.15) is 6.54 Å². The van der Waals surface area contributed by atoms with Crippen molar-refractivity contribution in [2.75, 3.05) is 20.3 Å². The van der Waals surface area contributed by atoms with E-state index in [-0.39, 0.29) is 12.5 Å². The van der Waals surface area contributed by atoms with E-state index in [1.807, 2.05) is 24.3 Å². The van der Waals surface area contributed by atoms with Crippen LogP contribution in [0.3, 0.4) is 0 Å². The van der Waals surface area contributed by atoms with Crippen LogP contribution in [0.4, 0.5) is 0 Å². The number of hydrogen-bond donors (Lipinski definition) is 1. The summed E-state index contributed by atoms with van der Waals surface area (Å²) in [4.78, 5) is 13.0. The van der Waals surface area contributed by atoms with Gasteiger partial charge in [-0.2, -0.15) is 4.80 Å². The van der Waals surface area contributed by atoms with Gasteiger partial charge in [0.25, 0.3) is 0 Å². The molecule has 0 saturated heterocycles. The predicted molar refractivity (Wildman–Crippen MR) is 80.5 cm³/mol. The van der Waals surface area contributed by atoms with E-state index >= 15 is 0 Å². The van der Waals surface area contributed by atoms with Crippen LogP contribution in [0.2, 0.25) is 0 Å². The van der Waals surface area contributed by atoms with E-state index in [0.29, 0.717) is 19.0 Å². The molecule has 1 aromatic carbocycles. The molecular formula is C13H16BrN5O2. The average molecular weight is 354 g/mol. The standard InChI is InChI=1S/C13H16BrN5O2/c1-21-8-2-7-15-12(20)9-19-17-13(16-18-19)10-3-5-11(14)6-4-10/h3-6H,2,7-9H2,1H3,(H,15,20). The summed E-state index contributed by atoms with van der Waals surface area (Å²) < 4.78 is 5.89. The maximum atomic E-state index is 11.7. The summed E-state index contributed by atoms with van der Waals surface area (Å²) in [6.45, 7) is 1.24. The lowest BCUT2D eigenvalue weighted by atomic mass is 10.2. The Balaban J connectivity index is 1.88. The Morgan fingerprint density at radius 3 is 2.86 bits per heavy atom. The smallest absolute Gasteiger partial charge is 0.243 e. The van der Waals surface area contributed by atoms with Crippen molar-refractivity contribution in [1.29, 1.82) is 0 Å². The number of tetrazole rings is 1. The first-order chi connectivity index (χ1) is 10.2. The molecule has 0 aliphatic heterocycles. The first kappa shape index (κ1) is 15.6. The summed E-state index contributed by atoms with van der Waals surface area (Å²) in [5, 5.41) is 14.8. The number of amides is 1. The minimum Gasteiger partial charge on any atom is -0.385 e. The van der Waals surface area contributed by atoms with Gasteiger partial charge in [-0.25, -0.2) is 0 Å². The molecule has 1 amide bonds. The Hall–Kier alpha value is -1.80. The molecule has 2 rings (SSSR count). The van der Waals surface area contributed by atoms with Crippen LogP contribution >= 0.6 is 15.9 Å². The zero-order valence-corrected chi connectivity index (χ0v) is 13.2. The van der Waals surface area contributed by atoms with Crippen molar-refractivity contribution in [3.05, 3.63) is 28.7 Å². The Morgan fingerprint density at radius 2 is 2.14 bits per heavy atom. The number of methoxy groups -OCH3 is 1. The van der Waals surface area contributed by atoms with Gasteiger partial charge in [-0.1, -0.05) is 15.9 Å². The minimum absolute atomic E-state index is 0.0521. The van der Waals surface area contributed by atoms with Crippen LogP contribution in [-0.2, 0) is 16.1 Å². The molecular weight excluding hydrogens is 338 g/mol. The molecule has 1 N–H and O–H groups in total. The number of carbonyl (C=O) groups is 1. The van der Waals surface area contributed by atoms with Crippen molar-refractivity contribution in [3.63, 3.8) is 0 Å². The highest BCUT2D eigenvalue weighted by Gasteiger charge is 2.08. The molecule has 7 nitrogen and oxygen atoms in total. The maximum Gasteiger partial charge on any atom is 0.243 e. The number of aromatic nitrogens is 4. The molecule has 1 heterocycles. The number of hydrogen-bond acceptors (Lipinski definition) is 5. The average Bonchev–Trinajstić information content (AvgIpc) is 2.93. The molecule has 2 aromatic rings. The van der Waals surface area contributed by atoms with Crippen LogP contribution in [0.25, 0.3) is 11.4 Å². The summed E-state index contributed by atoms with van der Waals surface area (Å²) in [6.07, 6.45) is 0.775. The molecule has 0 fully saturated rings. The quantitative estimate of drug-likeness (QED) is 0.757. The second-order valence-electron chi connectivity index (χ2n) is 4.35. The van der Waals surface area contributed by atoms with Gasteiger partial charge in [-0.3, -0.25) is 4.79 Å². The number of rotatable bonds is 7. The molecule has 0 unspecified atom stereocenters. The highest BCUT2D eigenvalue weighted by molar-refractivity contribution is 9.10. The molecule has 0 aliphatic carbocycles. The van der Waals surface area contributed by atoms with Crippen molar-refractivity contribution in [2.24, 2.45) is 0 Å². The fraction of sp³-hybridized carbons (Fsp3) is 0.385. The van der Waals surface area contributed by atoms with Crippen LogP contribution in [0.15, 0.2) is 28.7 Å². The number of ether oxygens (including phenoxy) is 1. The lowest BCUT2D eigenvalue weighted by molar-refractivity contribution is -0.122. The van der Waals surface area contributed by atoms with E-state index in [2.05, 4.69) is 36.7 Å². The largest absolute Gasteiger partial charge is 0.385 e. The van der Waals surface area contributed by atoms with E-state index in [1.54, 1.807) is 7.11 Å². The molecule has 0 saturated carbocycles. The first-order valence-electron chi connectivity index (χ1n) is 6.48. The molecule has 21 heavy (non-hydrogen) atoms. The number of nitrogens with one attached hydrogen (secondary N) is 1. The van der Waals surface area contributed by atoms with E-state index in [4.69, 9.17) is 4.74 Å². The van der Waals surface area contributed by atoms with E-state index < -0.39 is 0 Å². The van der Waals surface area contributed by atoms with E-state index in [0.717, 1.165) is 16.5 Å². The Kier molecular flexibility index (Phi) is 5.82. The molecule has 8 heteroatoms. The highest BCUT2D eigenvalue weighted by Crippen LogP contribution is 2.17. The summed E-state index contributed by atoms with van der Waals surface area (Å²) in [5.41, 5.74) is 0.852. The molecule has 112 valence electrons. The fourth-order valence-corrected chi connectivity index (χ4v) is 1.92. The number of halogens is 1. The van der Waals surface area contributed by atoms with Crippen LogP contribution in [0.1, 0.15) is 6.42 Å².